The average molecular weight is 495 g/mol. The molecule has 0 saturated carbocycles. The Morgan fingerprint density at radius 3 is 2.43 bits per heavy atom. The zero-order valence-corrected chi connectivity index (χ0v) is 20.6. The number of aromatic nitrogens is 2. The van der Waals surface area contributed by atoms with Crippen LogP contribution < -0.4 is 9.47 Å². The Bertz CT molecular complexity index is 1310. The molecule has 37 heavy (non-hydrogen) atoms. The molecule has 1 heterocycles. The highest BCUT2D eigenvalue weighted by atomic mass is 16.5. The molecule has 1 unspecified atom stereocenters. The Labute approximate surface area is 216 Å². The summed E-state index contributed by atoms with van der Waals surface area (Å²) in [5, 5.41) is 8.92. The number of ether oxygens (including phenoxy) is 2. The first-order chi connectivity index (χ1) is 18.2. The number of allylic oxidation sites excluding steroid dienone is 1. The normalized spacial score (nSPS) is 15.0. The van der Waals surface area contributed by atoms with Gasteiger partial charge >= 0.3 is 5.97 Å². The third kappa shape index (κ3) is 5.92. The van der Waals surface area contributed by atoms with E-state index in [9.17, 15) is 4.79 Å². The number of benzene rings is 3. The summed E-state index contributed by atoms with van der Waals surface area (Å²) in [6.07, 6.45) is 10.8. The Balaban J connectivity index is 1.24. The van der Waals surface area contributed by atoms with E-state index in [4.69, 9.17) is 14.6 Å². The van der Waals surface area contributed by atoms with Gasteiger partial charge in [0, 0.05) is 12.4 Å². The number of carbonyl (C=O) groups is 1. The van der Waals surface area contributed by atoms with Gasteiger partial charge in [0.2, 0.25) is 0 Å². The van der Waals surface area contributed by atoms with Crippen molar-refractivity contribution >= 4 is 5.97 Å². The van der Waals surface area contributed by atoms with Crippen molar-refractivity contribution in [3.05, 3.63) is 126 Å². The standard InChI is InChI=1S/C31H30N2O4/c34-29(35)22-37-28-15-7-14-26-21-23(16-17-27(26)28)9-8-20-36-31-32-18-19-33(31)30(24-10-3-1-4-11-24)25-12-5-2-6-13-25/h1-15,18-19,23,30H,16-17,20-22H2,(H,34,35)/b9-8+. The van der Waals surface area contributed by atoms with Gasteiger partial charge in [0.25, 0.3) is 6.01 Å². The maximum absolute atomic E-state index is 10.9. The second-order valence-corrected chi connectivity index (χ2v) is 9.16. The predicted molar refractivity (Wildman–Crippen MR) is 142 cm³/mol. The summed E-state index contributed by atoms with van der Waals surface area (Å²) in [6.45, 7) is 0.112. The minimum Gasteiger partial charge on any atom is -0.482 e. The van der Waals surface area contributed by atoms with Gasteiger partial charge in [-0.1, -0.05) is 84.9 Å². The van der Waals surface area contributed by atoms with Crippen molar-refractivity contribution in [2.24, 2.45) is 5.92 Å². The number of hydrogen-bond acceptors (Lipinski definition) is 4. The topological polar surface area (TPSA) is 73.6 Å². The first-order valence-electron chi connectivity index (χ1n) is 12.6. The van der Waals surface area contributed by atoms with Crippen LogP contribution in [0.5, 0.6) is 11.8 Å². The van der Waals surface area contributed by atoms with Gasteiger partial charge in [0.1, 0.15) is 12.4 Å². The molecule has 0 aliphatic heterocycles. The number of imidazole rings is 1. The van der Waals surface area contributed by atoms with Gasteiger partial charge in [-0.05, 0) is 53.5 Å². The van der Waals surface area contributed by atoms with Crippen LogP contribution in [0.4, 0.5) is 0 Å². The molecule has 1 atom stereocenters. The number of carboxylic acid groups (broad SMARTS) is 1. The van der Waals surface area contributed by atoms with Crippen LogP contribution in [0.15, 0.2) is 103 Å². The van der Waals surface area contributed by atoms with E-state index in [1.807, 2.05) is 30.5 Å². The van der Waals surface area contributed by atoms with Crippen LogP contribution in [-0.2, 0) is 17.6 Å². The van der Waals surface area contributed by atoms with Gasteiger partial charge in [0.05, 0.1) is 6.04 Å². The van der Waals surface area contributed by atoms with E-state index in [2.05, 4.69) is 76.3 Å². The van der Waals surface area contributed by atoms with Gasteiger partial charge < -0.3 is 14.6 Å². The molecular formula is C31H30N2O4. The monoisotopic (exact) mass is 494 g/mol. The van der Waals surface area contributed by atoms with E-state index < -0.39 is 5.97 Å². The van der Waals surface area contributed by atoms with Crippen LogP contribution in [0.2, 0.25) is 0 Å². The van der Waals surface area contributed by atoms with E-state index in [-0.39, 0.29) is 12.6 Å². The molecular weight excluding hydrogens is 464 g/mol. The van der Waals surface area contributed by atoms with Gasteiger partial charge in [-0.25, -0.2) is 9.78 Å². The largest absolute Gasteiger partial charge is 0.482 e. The molecule has 6 nitrogen and oxygen atoms in total. The molecule has 6 heteroatoms. The Kier molecular flexibility index (Phi) is 7.65. The molecule has 1 aliphatic carbocycles. The number of carboxylic acids is 1. The fourth-order valence-corrected chi connectivity index (χ4v) is 5.00. The SMILES string of the molecule is O=C(O)COc1cccc2c1CCC(/C=C/COc1nccn1C(c1ccccc1)c1ccccc1)C2. The fourth-order valence-electron chi connectivity index (χ4n) is 5.00. The molecule has 3 aromatic carbocycles. The first kappa shape index (κ1) is 24.4. The summed E-state index contributed by atoms with van der Waals surface area (Å²) in [7, 11) is 0. The van der Waals surface area contributed by atoms with E-state index in [1.165, 1.54) is 16.7 Å². The second-order valence-electron chi connectivity index (χ2n) is 9.16. The van der Waals surface area contributed by atoms with Gasteiger partial charge in [0.15, 0.2) is 6.61 Å². The van der Waals surface area contributed by atoms with E-state index in [1.54, 1.807) is 6.20 Å². The zero-order valence-electron chi connectivity index (χ0n) is 20.6. The smallest absolute Gasteiger partial charge is 0.341 e. The second kappa shape index (κ2) is 11.6. The third-order valence-corrected chi connectivity index (χ3v) is 6.69. The number of fused-ring (bicyclic) bond motifs is 1. The molecule has 5 rings (SSSR count). The molecule has 0 bridgehead atoms. The van der Waals surface area contributed by atoms with E-state index >= 15 is 0 Å². The number of nitrogens with zero attached hydrogens (tertiary/aromatic N) is 2. The molecule has 0 spiro atoms. The highest BCUT2D eigenvalue weighted by Gasteiger charge is 2.21. The maximum Gasteiger partial charge on any atom is 0.341 e. The van der Waals surface area contributed by atoms with Crippen molar-refractivity contribution in [2.45, 2.75) is 25.3 Å². The van der Waals surface area contributed by atoms with Crippen LogP contribution in [0.25, 0.3) is 0 Å². The quantitative estimate of drug-likeness (QED) is 0.285. The number of aliphatic carboxylic acids is 1. The first-order valence-corrected chi connectivity index (χ1v) is 12.6. The molecule has 188 valence electrons. The van der Waals surface area contributed by atoms with Crippen molar-refractivity contribution in [2.75, 3.05) is 13.2 Å². The molecule has 1 aliphatic rings. The van der Waals surface area contributed by atoms with Crippen LogP contribution in [0.1, 0.15) is 34.7 Å². The molecule has 0 saturated heterocycles. The van der Waals surface area contributed by atoms with Crippen molar-refractivity contribution in [3.8, 4) is 11.8 Å². The minimum atomic E-state index is -0.964. The zero-order chi connectivity index (χ0) is 25.5. The molecule has 0 amide bonds. The molecule has 0 fully saturated rings. The van der Waals surface area contributed by atoms with Crippen molar-refractivity contribution in [1.82, 2.24) is 9.55 Å². The van der Waals surface area contributed by atoms with E-state index in [0.717, 1.165) is 24.8 Å². The lowest BCUT2D eigenvalue weighted by Crippen LogP contribution is -2.16. The minimum absolute atomic E-state index is 0.0312. The predicted octanol–water partition coefficient (Wildman–Crippen LogP) is 5.72. The Morgan fingerprint density at radius 2 is 1.73 bits per heavy atom. The summed E-state index contributed by atoms with van der Waals surface area (Å²) in [4.78, 5) is 15.4. The lowest BCUT2D eigenvalue weighted by Gasteiger charge is -2.24. The highest BCUT2D eigenvalue weighted by Crippen LogP contribution is 2.33. The molecule has 1 aromatic heterocycles. The Morgan fingerprint density at radius 1 is 1.00 bits per heavy atom. The molecule has 4 aromatic rings. The lowest BCUT2D eigenvalue weighted by atomic mass is 9.83. The Hall–Kier alpha value is -4.32. The summed E-state index contributed by atoms with van der Waals surface area (Å²) >= 11 is 0. The fraction of sp³-hybridized carbons (Fsp3) is 0.226. The van der Waals surface area contributed by atoms with Crippen LogP contribution in [0.3, 0.4) is 0 Å². The van der Waals surface area contributed by atoms with Crippen LogP contribution in [-0.4, -0.2) is 33.8 Å². The van der Waals surface area contributed by atoms with Gasteiger partial charge in [-0.2, -0.15) is 0 Å². The average Bonchev–Trinajstić information content (AvgIpc) is 3.39. The van der Waals surface area contributed by atoms with Crippen molar-refractivity contribution in [3.63, 3.8) is 0 Å². The van der Waals surface area contributed by atoms with Crippen molar-refractivity contribution in [1.29, 1.82) is 0 Å². The van der Waals surface area contributed by atoms with E-state index in [0.29, 0.717) is 24.3 Å². The summed E-state index contributed by atoms with van der Waals surface area (Å²) in [5.41, 5.74) is 4.67. The molecule has 0 radical (unpaired) electrons. The van der Waals surface area contributed by atoms with Gasteiger partial charge in [-0.15, -0.1) is 0 Å². The molecule has 1 N–H and O–H groups in total. The summed E-state index contributed by atoms with van der Waals surface area (Å²) < 4.78 is 13.7. The number of hydrogen-bond donors (Lipinski definition) is 1. The lowest BCUT2D eigenvalue weighted by molar-refractivity contribution is -0.139. The number of rotatable bonds is 10. The summed E-state index contributed by atoms with van der Waals surface area (Å²) in [5.74, 6) is 0.115. The van der Waals surface area contributed by atoms with Crippen molar-refractivity contribution < 1.29 is 19.4 Å². The third-order valence-electron chi connectivity index (χ3n) is 6.69. The highest BCUT2D eigenvalue weighted by molar-refractivity contribution is 5.68. The summed E-state index contributed by atoms with van der Waals surface area (Å²) in [6, 6.07) is 27.2. The van der Waals surface area contributed by atoms with Crippen LogP contribution in [0, 0.1) is 5.92 Å². The van der Waals surface area contributed by atoms with Crippen LogP contribution >= 0.6 is 0 Å². The van der Waals surface area contributed by atoms with Gasteiger partial charge in [-0.3, -0.25) is 4.57 Å². The maximum atomic E-state index is 10.9.